The van der Waals surface area contributed by atoms with Crippen molar-refractivity contribution >= 4 is 31.5 Å². The van der Waals surface area contributed by atoms with Crippen LogP contribution in [0.15, 0.2) is 0 Å². The average molecular weight is 491 g/mol. The van der Waals surface area contributed by atoms with Gasteiger partial charge in [-0.3, -0.25) is 9.59 Å². The summed E-state index contributed by atoms with van der Waals surface area (Å²) in [4.78, 5) is 23.8. The first kappa shape index (κ1) is 31.8. The predicted octanol–water partition coefficient (Wildman–Crippen LogP) is 7.34. The van der Waals surface area contributed by atoms with Crippen LogP contribution in [0.25, 0.3) is 0 Å². The van der Waals surface area contributed by atoms with Gasteiger partial charge >= 0.3 is 8.80 Å². The van der Waals surface area contributed by atoms with E-state index < -0.39 is 8.80 Å². The van der Waals surface area contributed by atoms with Crippen molar-refractivity contribution in [3.05, 3.63) is 0 Å². The summed E-state index contributed by atoms with van der Waals surface area (Å²) in [5.41, 5.74) is 0. The normalized spacial score (nSPS) is 12.8. The molecule has 0 rings (SSSR count). The molecule has 0 fully saturated rings. The van der Waals surface area contributed by atoms with Crippen molar-refractivity contribution in [3.8, 4) is 0 Å². The Morgan fingerprint density at radius 1 is 0.688 bits per heavy atom. The zero-order valence-electron chi connectivity index (χ0n) is 21.5. The Kier molecular flexibility index (Phi) is 21.2. The quantitative estimate of drug-likeness (QED) is 0.0848. The van der Waals surface area contributed by atoms with Crippen LogP contribution in [0.2, 0.25) is 6.04 Å². The molecule has 0 spiro atoms. The largest absolute Gasteiger partial charge is 0.500 e. The minimum absolute atomic E-state index is 0.110. The maximum atomic E-state index is 12.2. The van der Waals surface area contributed by atoms with Crippen LogP contribution in [-0.2, 0) is 22.9 Å². The van der Waals surface area contributed by atoms with Crippen molar-refractivity contribution in [2.24, 2.45) is 0 Å². The summed E-state index contributed by atoms with van der Waals surface area (Å²) in [6.45, 7) is 12.0. The summed E-state index contributed by atoms with van der Waals surface area (Å²) in [6, 6.07) is 0.710. The molecule has 0 aromatic carbocycles. The number of thioether (sulfide) groups is 1. The predicted molar refractivity (Wildman–Crippen MR) is 138 cm³/mol. The minimum Gasteiger partial charge on any atom is -0.373 e. The van der Waals surface area contributed by atoms with Crippen molar-refractivity contribution < 1.29 is 22.9 Å². The number of carbonyl (C=O) groups excluding carboxylic acids is 2. The van der Waals surface area contributed by atoms with Crippen LogP contribution in [0.1, 0.15) is 118 Å². The van der Waals surface area contributed by atoms with Crippen LogP contribution in [0.5, 0.6) is 0 Å². The molecule has 5 nitrogen and oxygen atoms in total. The number of hydrogen-bond donors (Lipinski definition) is 0. The zero-order valence-corrected chi connectivity index (χ0v) is 23.4. The van der Waals surface area contributed by atoms with Gasteiger partial charge in [-0.15, -0.1) is 0 Å². The van der Waals surface area contributed by atoms with Gasteiger partial charge in [0.05, 0.1) is 0 Å². The molecule has 7 heteroatoms. The molecule has 0 radical (unpaired) electrons. The maximum absolute atomic E-state index is 12.2. The van der Waals surface area contributed by atoms with E-state index in [9.17, 15) is 9.59 Å². The van der Waals surface area contributed by atoms with Crippen molar-refractivity contribution in [3.63, 3.8) is 0 Å². The third-order valence-corrected chi connectivity index (χ3v) is 9.56. The van der Waals surface area contributed by atoms with E-state index in [0.717, 1.165) is 57.8 Å². The van der Waals surface area contributed by atoms with Gasteiger partial charge in [0.25, 0.3) is 5.12 Å². The Balaban J connectivity index is 5.22. The van der Waals surface area contributed by atoms with Gasteiger partial charge in [-0.25, -0.2) is 0 Å². The van der Waals surface area contributed by atoms with Gasteiger partial charge in [-0.1, -0.05) is 90.8 Å². The smallest absolute Gasteiger partial charge is 0.373 e. The fourth-order valence-electron chi connectivity index (χ4n) is 3.27. The fourth-order valence-corrected chi connectivity index (χ4v) is 7.22. The molecule has 0 aliphatic rings. The van der Waals surface area contributed by atoms with Crippen molar-refractivity contribution in [1.29, 1.82) is 0 Å². The monoisotopic (exact) mass is 490 g/mol. The van der Waals surface area contributed by atoms with Crippen LogP contribution in [0, 0.1) is 0 Å². The lowest BCUT2D eigenvalue weighted by Crippen LogP contribution is -2.47. The number of hydrogen-bond acceptors (Lipinski definition) is 6. The van der Waals surface area contributed by atoms with Gasteiger partial charge in [-0.05, 0) is 32.1 Å². The highest BCUT2D eigenvalue weighted by Gasteiger charge is 2.41. The molecule has 190 valence electrons. The molecule has 0 bridgehead atoms. The van der Waals surface area contributed by atoms with Crippen LogP contribution in [0.4, 0.5) is 0 Å². The zero-order chi connectivity index (χ0) is 24.1. The minimum atomic E-state index is -2.82. The van der Waals surface area contributed by atoms with Gasteiger partial charge in [0.2, 0.25) is 5.78 Å². The molecule has 0 aromatic rings. The second-order valence-electron chi connectivity index (χ2n) is 8.61. The van der Waals surface area contributed by atoms with E-state index >= 15 is 0 Å². The summed E-state index contributed by atoms with van der Waals surface area (Å²) in [5, 5.41) is -0.222. The van der Waals surface area contributed by atoms with Crippen molar-refractivity contribution in [1.82, 2.24) is 0 Å². The highest BCUT2D eigenvalue weighted by atomic mass is 32.2. The van der Waals surface area contributed by atoms with Gasteiger partial charge in [0, 0.05) is 38.0 Å². The summed E-state index contributed by atoms with van der Waals surface area (Å²) in [5.74, 6) is -0.368. The number of carbonyl (C=O) groups is 2. The molecule has 0 N–H and O–H groups in total. The SMILES string of the molecule is CCCCCCCC(CC[Si](OCCCC)(OCCCC)OCCCC)SC(=O)C(C)=O. The highest BCUT2D eigenvalue weighted by molar-refractivity contribution is 8.15. The molecular weight excluding hydrogens is 440 g/mol. The number of unbranched alkanes of at least 4 members (excludes halogenated alkanes) is 7. The molecule has 0 saturated carbocycles. The van der Waals surface area contributed by atoms with Gasteiger partial charge in [0.1, 0.15) is 0 Å². The molecule has 0 aliphatic heterocycles. The first-order chi connectivity index (χ1) is 15.4. The number of rotatable bonds is 23. The first-order valence-electron chi connectivity index (χ1n) is 13.1. The molecule has 1 atom stereocenters. The molecule has 0 aliphatic carbocycles. The lowest BCUT2D eigenvalue weighted by molar-refractivity contribution is -0.130. The standard InChI is InChI=1S/C25H50O5SSi/c1-6-10-14-15-16-17-24(31-25(27)23(5)26)18-22-32(28-19-11-7-2,29-20-12-8-3)30-21-13-9-4/h24H,6-22H2,1-5H3. The third-order valence-electron chi connectivity index (χ3n) is 5.42. The molecule has 1 unspecified atom stereocenters. The Hall–Kier alpha value is -0.213. The maximum Gasteiger partial charge on any atom is 0.500 e. The lowest BCUT2D eigenvalue weighted by Gasteiger charge is -2.31. The Bertz CT molecular complexity index is 449. The number of ketones is 1. The topological polar surface area (TPSA) is 61.8 Å². The van der Waals surface area contributed by atoms with Crippen LogP contribution < -0.4 is 0 Å². The van der Waals surface area contributed by atoms with Gasteiger partial charge < -0.3 is 13.3 Å². The summed E-state index contributed by atoms with van der Waals surface area (Å²) in [7, 11) is -2.82. The molecular formula is C25H50O5SSi. The van der Waals surface area contributed by atoms with E-state index in [1.165, 1.54) is 44.4 Å². The van der Waals surface area contributed by atoms with Crippen LogP contribution >= 0.6 is 11.8 Å². The molecule has 0 saturated heterocycles. The summed E-state index contributed by atoms with van der Waals surface area (Å²) in [6.07, 6.45) is 13.8. The number of Topliss-reactive ketones (excluding diaryl/α,β-unsaturated/α-hetero) is 1. The first-order valence-corrected chi connectivity index (χ1v) is 15.9. The van der Waals surface area contributed by atoms with E-state index in [0.29, 0.717) is 25.9 Å². The fraction of sp³-hybridized carbons (Fsp3) is 0.920. The molecule has 32 heavy (non-hydrogen) atoms. The lowest BCUT2D eigenvalue weighted by atomic mass is 10.1. The van der Waals surface area contributed by atoms with Crippen molar-refractivity contribution in [2.45, 2.75) is 129 Å². The average Bonchev–Trinajstić information content (AvgIpc) is 2.77. The van der Waals surface area contributed by atoms with Crippen molar-refractivity contribution in [2.75, 3.05) is 19.8 Å². The summed E-state index contributed by atoms with van der Waals surface area (Å²) < 4.78 is 19.1. The Morgan fingerprint density at radius 2 is 1.16 bits per heavy atom. The second-order valence-corrected chi connectivity index (χ2v) is 12.6. The van der Waals surface area contributed by atoms with E-state index in [1.807, 2.05) is 0 Å². The Labute approximate surface area is 203 Å². The van der Waals surface area contributed by atoms with E-state index in [4.69, 9.17) is 13.3 Å². The van der Waals surface area contributed by atoms with E-state index in [2.05, 4.69) is 27.7 Å². The Morgan fingerprint density at radius 3 is 1.59 bits per heavy atom. The van der Waals surface area contributed by atoms with Crippen LogP contribution in [-0.4, -0.2) is 44.8 Å². The highest BCUT2D eigenvalue weighted by Crippen LogP contribution is 2.29. The van der Waals surface area contributed by atoms with Gasteiger partial charge in [0.15, 0.2) is 0 Å². The molecule has 0 heterocycles. The summed E-state index contributed by atoms with van der Waals surface area (Å²) >= 11 is 1.21. The van der Waals surface area contributed by atoms with Gasteiger partial charge in [-0.2, -0.15) is 0 Å². The van der Waals surface area contributed by atoms with E-state index in [-0.39, 0.29) is 16.1 Å². The second kappa shape index (κ2) is 21.3. The van der Waals surface area contributed by atoms with Crippen LogP contribution in [0.3, 0.4) is 0 Å². The molecule has 0 aromatic heterocycles. The molecule has 0 amide bonds. The van der Waals surface area contributed by atoms with E-state index in [1.54, 1.807) is 0 Å². The third kappa shape index (κ3) is 16.4.